The molecular weight excluding hydrogens is 478 g/mol. The van der Waals surface area contributed by atoms with E-state index in [0.29, 0.717) is 23.7 Å². The highest BCUT2D eigenvalue weighted by Crippen LogP contribution is 2.48. The number of rotatable bonds is 6. The van der Waals surface area contributed by atoms with E-state index in [-0.39, 0.29) is 41.4 Å². The molecule has 0 aliphatic carbocycles. The molecule has 0 saturated carbocycles. The SMILES string of the molecule is CO[C@H]1CNC[C@@H]1NC(=O)C1=C2NC(=O)N(c3ccc(Oc4ccccc4)cc3)C3CCNC(S1)C23. The molecule has 4 aliphatic heterocycles. The Balaban J connectivity index is 1.22. The van der Waals surface area contributed by atoms with Crippen LogP contribution in [0.5, 0.6) is 11.5 Å². The van der Waals surface area contributed by atoms with Gasteiger partial charge >= 0.3 is 6.03 Å². The van der Waals surface area contributed by atoms with E-state index in [2.05, 4.69) is 21.3 Å². The summed E-state index contributed by atoms with van der Waals surface area (Å²) >= 11 is 1.51. The third-order valence-electron chi connectivity index (χ3n) is 7.22. The van der Waals surface area contributed by atoms with Gasteiger partial charge in [0.05, 0.1) is 28.5 Å². The van der Waals surface area contributed by atoms with Crippen LogP contribution in [-0.4, -0.2) is 62.2 Å². The Morgan fingerprint density at radius 2 is 1.86 bits per heavy atom. The first kappa shape index (κ1) is 23.4. The smallest absolute Gasteiger partial charge is 0.326 e. The van der Waals surface area contributed by atoms with Crippen LogP contribution < -0.4 is 30.9 Å². The lowest BCUT2D eigenvalue weighted by molar-refractivity contribution is -0.118. The van der Waals surface area contributed by atoms with Gasteiger partial charge in [-0.1, -0.05) is 30.0 Å². The molecule has 3 unspecified atom stereocenters. The van der Waals surface area contributed by atoms with Gasteiger partial charge in [0.1, 0.15) is 11.5 Å². The van der Waals surface area contributed by atoms with Crippen molar-refractivity contribution in [2.24, 2.45) is 5.92 Å². The number of piperidine rings is 1. The molecule has 4 heterocycles. The number of benzene rings is 2. The lowest BCUT2D eigenvalue weighted by Crippen LogP contribution is -2.62. The number of carbonyl (C=O) groups excluding carboxylic acids is 2. The average molecular weight is 508 g/mol. The summed E-state index contributed by atoms with van der Waals surface area (Å²) in [6.45, 7) is 2.14. The minimum atomic E-state index is -0.214. The Morgan fingerprint density at radius 3 is 2.64 bits per heavy atom. The molecule has 0 spiro atoms. The van der Waals surface area contributed by atoms with Crippen molar-refractivity contribution in [2.45, 2.75) is 30.0 Å². The zero-order valence-electron chi connectivity index (χ0n) is 19.9. The van der Waals surface area contributed by atoms with E-state index in [0.717, 1.165) is 30.1 Å². The van der Waals surface area contributed by atoms with Crippen molar-refractivity contribution in [3.63, 3.8) is 0 Å². The molecule has 0 bridgehead atoms. The number of hydrogen-bond donors (Lipinski definition) is 4. The standard InChI is InChI=1S/C26H29N5O4S/c1-34-20-14-27-13-18(20)29-24(32)23-22-21-19(11-12-28-25(21)36-23)31(26(33)30-22)15-7-9-17(10-8-15)35-16-5-3-2-4-6-16/h2-10,18-21,25,27-28H,11-14H2,1H3,(H,29,32)(H,30,33)/t18-,19?,20-,21?,25?/m0/s1. The minimum Gasteiger partial charge on any atom is -0.457 e. The molecule has 3 fully saturated rings. The van der Waals surface area contributed by atoms with Gasteiger partial charge in [-0.05, 0) is 49.4 Å². The summed E-state index contributed by atoms with van der Waals surface area (Å²) in [7, 11) is 1.66. The van der Waals surface area contributed by atoms with Crippen molar-refractivity contribution in [1.82, 2.24) is 21.3 Å². The molecule has 0 aromatic heterocycles. The van der Waals surface area contributed by atoms with Crippen LogP contribution in [0.1, 0.15) is 6.42 Å². The Labute approximate surface area is 214 Å². The topological polar surface area (TPSA) is 104 Å². The fourth-order valence-electron chi connectivity index (χ4n) is 5.50. The van der Waals surface area contributed by atoms with Gasteiger partial charge in [-0.3, -0.25) is 9.69 Å². The average Bonchev–Trinajstić information content (AvgIpc) is 3.50. The fraction of sp³-hybridized carbons (Fsp3) is 0.385. The van der Waals surface area contributed by atoms with Gasteiger partial charge < -0.3 is 30.7 Å². The maximum absolute atomic E-state index is 13.4. The van der Waals surface area contributed by atoms with E-state index in [1.54, 1.807) is 7.11 Å². The normalized spacial score (nSPS) is 29.1. The first-order valence-corrected chi connectivity index (χ1v) is 13.1. The van der Waals surface area contributed by atoms with Crippen LogP contribution >= 0.6 is 11.8 Å². The summed E-state index contributed by atoms with van der Waals surface area (Å²) in [5, 5.41) is 13.0. The summed E-state index contributed by atoms with van der Waals surface area (Å²) in [6, 6.07) is 16.8. The summed E-state index contributed by atoms with van der Waals surface area (Å²) in [5.74, 6) is 1.31. The van der Waals surface area contributed by atoms with Crippen molar-refractivity contribution in [1.29, 1.82) is 0 Å². The molecule has 0 radical (unpaired) electrons. The Hall–Kier alpha value is -3.05. The van der Waals surface area contributed by atoms with E-state index >= 15 is 0 Å². The minimum absolute atomic E-state index is 0.00219. The summed E-state index contributed by atoms with van der Waals surface area (Å²) < 4.78 is 11.4. The summed E-state index contributed by atoms with van der Waals surface area (Å²) in [5.41, 5.74) is 1.53. The van der Waals surface area contributed by atoms with E-state index < -0.39 is 0 Å². The van der Waals surface area contributed by atoms with Gasteiger partial charge in [-0.15, -0.1) is 0 Å². The molecule has 4 aliphatic rings. The molecule has 3 saturated heterocycles. The van der Waals surface area contributed by atoms with Crippen LogP contribution in [0.2, 0.25) is 0 Å². The molecule has 10 heteroatoms. The number of anilines is 1. The van der Waals surface area contributed by atoms with E-state index in [1.165, 1.54) is 11.8 Å². The first-order valence-electron chi connectivity index (χ1n) is 12.2. The second-order valence-electron chi connectivity index (χ2n) is 9.34. The lowest BCUT2D eigenvalue weighted by Gasteiger charge is -2.45. The summed E-state index contributed by atoms with van der Waals surface area (Å²) in [6.07, 6.45) is 0.734. The molecule has 2 aromatic rings. The van der Waals surface area contributed by atoms with Crippen molar-refractivity contribution >= 4 is 29.4 Å². The summed E-state index contributed by atoms with van der Waals surface area (Å²) in [4.78, 5) is 29.1. The number of urea groups is 1. The monoisotopic (exact) mass is 507 g/mol. The second kappa shape index (κ2) is 9.78. The van der Waals surface area contributed by atoms with Crippen LogP contribution in [0.15, 0.2) is 65.2 Å². The Bertz CT molecular complexity index is 1170. The lowest BCUT2D eigenvalue weighted by atomic mass is 9.86. The highest BCUT2D eigenvalue weighted by atomic mass is 32.2. The van der Waals surface area contributed by atoms with Gasteiger partial charge in [0.2, 0.25) is 0 Å². The molecule has 3 amide bonds. The van der Waals surface area contributed by atoms with Crippen molar-refractivity contribution in [3.8, 4) is 11.5 Å². The third-order valence-corrected chi connectivity index (χ3v) is 8.57. The number of nitrogens with one attached hydrogen (secondary N) is 4. The Kier molecular flexibility index (Phi) is 6.34. The zero-order valence-corrected chi connectivity index (χ0v) is 20.7. The van der Waals surface area contributed by atoms with Crippen molar-refractivity contribution in [3.05, 3.63) is 65.2 Å². The van der Waals surface area contributed by atoms with Gasteiger partial charge in [-0.25, -0.2) is 4.79 Å². The molecular formula is C26H29N5O4S. The van der Waals surface area contributed by atoms with Gasteiger partial charge in [-0.2, -0.15) is 0 Å². The van der Waals surface area contributed by atoms with Crippen LogP contribution in [0.25, 0.3) is 0 Å². The van der Waals surface area contributed by atoms with Crippen molar-refractivity contribution < 1.29 is 19.1 Å². The number of thioether (sulfide) groups is 1. The maximum Gasteiger partial charge on any atom is 0.326 e. The number of nitrogens with zero attached hydrogens (tertiary/aromatic N) is 1. The van der Waals surface area contributed by atoms with E-state index in [1.807, 2.05) is 59.5 Å². The van der Waals surface area contributed by atoms with Crippen LogP contribution in [0.4, 0.5) is 10.5 Å². The van der Waals surface area contributed by atoms with Gasteiger partial charge in [0, 0.05) is 37.5 Å². The molecule has 5 atom stereocenters. The molecule has 4 N–H and O–H groups in total. The van der Waals surface area contributed by atoms with Crippen LogP contribution in [0, 0.1) is 5.92 Å². The predicted octanol–water partition coefficient (Wildman–Crippen LogP) is 2.37. The highest BCUT2D eigenvalue weighted by molar-refractivity contribution is 8.04. The van der Waals surface area contributed by atoms with E-state index in [9.17, 15) is 9.59 Å². The number of carbonyl (C=O) groups is 2. The maximum atomic E-state index is 13.4. The second-order valence-corrected chi connectivity index (χ2v) is 10.5. The number of para-hydroxylation sites is 1. The van der Waals surface area contributed by atoms with Crippen LogP contribution in [0.3, 0.4) is 0 Å². The molecule has 188 valence electrons. The molecule has 2 aromatic carbocycles. The predicted molar refractivity (Wildman–Crippen MR) is 138 cm³/mol. The highest BCUT2D eigenvalue weighted by Gasteiger charge is 2.52. The molecule has 9 nitrogen and oxygen atoms in total. The third kappa shape index (κ3) is 4.24. The van der Waals surface area contributed by atoms with Gasteiger partial charge in [0.25, 0.3) is 5.91 Å². The van der Waals surface area contributed by atoms with Gasteiger partial charge in [0.15, 0.2) is 0 Å². The first-order chi connectivity index (χ1) is 17.6. The van der Waals surface area contributed by atoms with E-state index in [4.69, 9.17) is 9.47 Å². The number of amides is 3. The molecule has 6 rings (SSSR count). The number of ether oxygens (including phenoxy) is 2. The number of hydrogen-bond acceptors (Lipinski definition) is 7. The molecule has 36 heavy (non-hydrogen) atoms. The number of methoxy groups -OCH3 is 1. The quantitative estimate of drug-likeness (QED) is 0.476. The zero-order chi connectivity index (χ0) is 24.6. The van der Waals surface area contributed by atoms with Crippen molar-refractivity contribution in [2.75, 3.05) is 31.6 Å². The van der Waals surface area contributed by atoms with Crippen LogP contribution in [-0.2, 0) is 9.53 Å². The largest absolute Gasteiger partial charge is 0.457 e. The fourth-order valence-corrected chi connectivity index (χ4v) is 6.90. The Morgan fingerprint density at radius 1 is 1.08 bits per heavy atom.